The van der Waals surface area contributed by atoms with Crippen LogP contribution >= 0.6 is 11.6 Å². The normalized spacial score (nSPS) is 16.0. The molecule has 0 radical (unpaired) electrons. The molecule has 3 rings (SSSR count). The number of carbonyl (C=O) groups excluding carboxylic acids is 1. The van der Waals surface area contributed by atoms with E-state index < -0.39 is 16.3 Å². The summed E-state index contributed by atoms with van der Waals surface area (Å²) in [7, 11) is 0. The smallest absolute Gasteiger partial charge is 0.314 e. The lowest BCUT2D eigenvalue weighted by atomic mass is 9.73. The number of benzene rings is 2. The number of carbonyl (C=O) groups is 2. The Kier molecular flexibility index (Phi) is 5.14. The van der Waals surface area contributed by atoms with Crippen LogP contribution in [0, 0.1) is 10.1 Å². The number of aliphatic carboxylic acids is 1. The van der Waals surface area contributed by atoms with Gasteiger partial charge in [0.05, 0.1) is 20.9 Å². The molecule has 1 saturated heterocycles. The van der Waals surface area contributed by atoms with Crippen LogP contribution < -0.4 is 0 Å². The molecule has 1 amide bonds. The van der Waals surface area contributed by atoms with Crippen LogP contribution in [-0.2, 0) is 10.2 Å². The van der Waals surface area contributed by atoms with Crippen molar-refractivity contribution in [2.45, 2.75) is 18.3 Å². The highest BCUT2D eigenvalue weighted by Gasteiger charge is 2.44. The summed E-state index contributed by atoms with van der Waals surface area (Å²) in [6, 6.07) is 12.7. The molecule has 0 aromatic heterocycles. The first kappa shape index (κ1) is 18.8. The Balaban J connectivity index is 1.80. The SMILES string of the molecule is O=C(c1ccc([N+](=O)[O-])cc1Cl)N1CCC(C(=O)O)(c2ccccc2)CC1. The van der Waals surface area contributed by atoms with E-state index in [9.17, 15) is 24.8 Å². The van der Waals surface area contributed by atoms with Gasteiger partial charge in [0, 0.05) is 25.2 Å². The molecule has 1 aliphatic rings. The zero-order valence-electron chi connectivity index (χ0n) is 14.3. The molecule has 0 atom stereocenters. The van der Waals surface area contributed by atoms with Gasteiger partial charge in [-0.1, -0.05) is 41.9 Å². The van der Waals surface area contributed by atoms with Crippen LogP contribution in [0.2, 0.25) is 5.02 Å². The Morgan fingerprint density at radius 1 is 1.11 bits per heavy atom. The fraction of sp³-hybridized carbons (Fsp3) is 0.263. The van der Waals surface area contributed by atoms with E-state index in [-0.39, 0.29) is 48.1 Å². The van der Waals surface area contributed by atoms with Gasteiger partial charge in [-0.05, 0) is 24.5 Å². The van der Waals surface area contributed by atoms with E-state index in [0.717, 1.165) is 11.6 Å². The lowest BCUT2D eigenvalue weighted by Crippen LogP contribution is -2.49. The van der Waals surface area contributed by atoms with Gasteiger partial charge >= 0.3 is 5.97 Å². The molecule has 27 heavy (non-hydrogen) atoms. The van der Waals surface area contributed by atoms with Gasteiger partial charge in [-0.25, -0.2) is 0 Å². The van der Waals surface area contributed by atoms with Gasteiger partial charge in [-0.15, -0.1) is 0 Å². The zero-order valence-corrected chi connectivity index (χ0v) is 15.1. The number of hydrogen-bond acceptors (Lipinski definition) is 4. The van der Waals surface area contributed by atoms with Crippen LogP contribution in [0.5, 0.6) is 0 Å². The number of halogens is 1. The third-order valence-corrected chi connectivity index (χ3v) is 5.35. The minimum absolute atomic E-state index is 0.00679. The van der Waals surface area contributed by atoms with Crippen LogP contribution in [0.1, 0.15) is 28.8 Å². The van der Waals surface area contributed by atoms with E-state index in [0.29, 0.717) is 0 Å². The van der Waals surface area contributed by atoms with E-state index in [4.69, 9.17) is 11.6 Å². The molecule has 0 unspecified atom stereocenters. The first-order valence-corrected chi connectivity index (χ1v) is 8.75. The molecule has 2 aromatic rings. The number of likely N-dealkylation sites (tertiary alicyclic amines) is 1. The molecule has 140 valence electrons. The summed E-state index contributed by atoms with van der Waals surface area (Å²) in [6.07, 6.45) is 0.561. The van der Waals surface area contributed by atoms with Crippen molar-refractivity contribution in [2.24, 2.45) is 0 Å². The second-order valence-corrected chi connectivity index (χ2v) is 6.87. The van der Waals surface area contributed by atoms with E-state index in [2.05, 4.69) is 0 Å². The van der Waals surface area contributed by atoms with Gasteiger partial charge in [0.2, 0.25) is 0 Å². The molecule has 1 heterocycles. The summed E-state index contributed by atoms with van der Waals surface area (Å²) in [6.45, 7) is 0.515. The number of nitro benzene ring substituents is 1. The summed E-state index contributed by atoms with van der Waals surface area (Å²) >= 11 is 6.04. The van der Waals surface area contributed by atoms with Crippen molar-refractivity contribution >= 4 is 29.2 Å². The Labute approximate surface area is 160 Å². The number of hydrogen-bond donors (Lipinski definition) is 1. The van der Waals surface area contributed by atoms with E-state index in [1.807, 2.05) is 6.07 Å². The summed E-state index contributed by atoms with van der Waals surface area (Å²) in [5.74, 6) is -1.27. The molecule has 1 fully saturated rings. The highest BCUT2D eigenvalue weighted by molar-refractivity contribution is 6.34. The molecule has 0 saturated carbocycles. The van der Waals surface area contributed by atoms with Crippen LogP contribution in [0.25, 0.3) is 0 Å². The van der Waals surface area contributed by atoms with Gasteiger partial charge in [0.15, 0.2) is 0 Å². The average molecular weight is 389 g/mol. The second kappa shape index (κ2) is 7.36. The summed E-state index contributed by atoms with van der Waals surface area (Å²) < 4.78 is 0. The Morgan fingerprint density at radius 3 is 2.26 bits per heavy atom. The molecule has 1 N–H and O–H groups in total. The quantitative estimate of drug-likeness (QED) is 0.638. The van der Waals surface area contributed by atoms with Crippen molar-refractivity contribution in [3.63, 3.8) is 0 Å². The van der Waals surface area contributed by atoms with Crippen LogP contribution in [-0.4, -0.2) is 39.9 Å². The number of carboxylic acid groups (broad SMARTS) is 1. The fourth-order valence-corrected chi connectivity index (χ4v) is 3.69. The fourth-order valence-electron chi connectivity index (χ4n) is 3.44. The molecule has 1 aliphatic heterocycles. The minimum Gasteiger partial charge on any atom is -0.481 e. The van der Waals surface area contributed by atoms with Crippen LogP contribution in [0.15, 0.2) is 48.5 Å². The Hall–Kier alpha value is -2.93. The first-order valence-electron chi connectivity index (χ1n) is 8.37. The molecular weight excluding hydrogens is 372 g/mol. The number of non-ortho nitro benzene ring substituents is 1. The Morgan fingerprint density at radius 2 is 1.74 bits per heavy atom. The number of rotatable bonds is 4. The number of amides is 1. The number of piperidine rings is 1. The van der Waals surface area contributed by atoms with E-state index in [1.165, 1.54) is 17.0 Å². The maximum Gasteiger partial charge on any atom is 0.314 e. The molecular formula is C19H17ClN2O5. The predicted octanol–water partition coefficient (Wildman–Crippen LogP) is 3.51. The standard InChI is InChI=1S/C19H17ClN2O5/c20-16-12-14(22(26)27)6-7-15(16)17(23)21-10-8-19(9-11-21,18(24)25)13-4-2-1-3-5-13/h1-7,12H,8-11H2,(H,24,25). The van der Waals surface area contributed by atoms with Crippen molar-refractivity contribution in [3.8, 4) is 0 Å². The predicted molar refractivity (Wildman–Crippen MR) is 99.0 cm³/mol. The summed E-state index contributed by atoms with van der Waals surface area (Å²) in [5, 5.41) is 20.6. The maximum atomic E-state index is 12.7. The Bertz CT molecular complexity index is 892. The van der Waals surface area contributed by atoms with E-state index in [1.54, 1.807) is 24.3 Å². The number of carboxylic acids is 1. The van der Waals surface area contributed by atoms with Gasteiger partial charge in [0.25, 0.3) is 11.6 Å². The molecule has 8 heteroatoms. The van der Waals surface area contributed by atoms with Crippen molar-refractivity contribution in [1.29, 1.82) is 0 Å². The highest BCUT2D eigenvalue weighted by atomic mass is 35.5. The average Bonchev–Trinajstić information content (AvgIpc) is 2.68. The molecule has 0 spiro atoms. The number of nitrogens with zero attached hydrogens (tertiary/aromatic N) is 2. The zero-order chi connectivity index (χ0) is 19.6. The highest BCUT2D eigenvalue weighted by Crippen LogP contribution is 2.36. The molecule has 2 aromatic carbocycles. The van der Waals surface area contributed by atoms with Crippen LogP contribution in [0.4, 0.5) is 5.69 Å². The summed E-state index contributed by atoms with van der Waals surface area (Å²) in [4.78, 5) is 36.5. The lowest BCUT2D eigenvalue weighted by molar-refractivity contribution is -0.384. The van der Waals surface area contributed by atoms with Gasteiger partial charge in [0.1, 0.15) is 0 Å². The molecule has 7 nitrogen and oxygen atoms in total. The van der Waals surface area contributed by atoms with Crippen molar-refractivity contribution in [3.05, 3.63) is 74.8 Å². The van der Waals surface area contributed by atoms with Crippen LogP contribution in [0.3, 0.4) is 0 Å². The third-order valence-electron chi connectivity index (χ3n) is 5.03. The second-order valence-electron chi connectivity index (χ2n) is 6.47. The monoisotopic (exact) mass is 388 g/mol. The van der Waals surface area contributed by atoms with Crippen molar-refractivity contribution in [2.75, 3.05) is 13.1 Å². The third kappa shape index (κ3) is 3.50. The van der Waals surface area contributed by atoms with E-state index >= 15 is 0 Å². The van der Waals surface area contributed by atoms with Crippen molar-refractivity contribution < 1.29 is 19.6 Å². The molecule has 0 aliphatic carbocycles. The maximum absolute atomic E-state index is 12.7. The lowest BCUT2D eigenvalue weighted by Gasteiger charge is -2.39. The van der Waals surface area contributed by atoms with Gasteiger partial charge in [-0.3, -0.25) is 19.7 Å². The minimum atomic E-state index is -1.03. The van der Waals surface area contributed by atoms with Gasteiger partial charge in [-0.2, -0.15) is 0 Å². The number of nitro groups is 1. The van der Waals surface area contributed by atoms with Gasteiger partial charge < -0.3 is 10.0 Å². The first-order chi connectivity index (χ1) is 12.8. The topological polar surface area (TPSA) is 101 Å². The largest absolute Gasteiger partial charge is 0.481 e. The molecule has 0 bridgehead atoms. The van der Waals surface area contributed by atoms with Crippen molar-refractivity contribution in [1.82, 2.24) is 4.90 Å². The summed E-state index contributed by atoms with van der Waals surface area (Å²) in [5.41, 5.74) is -0.330.